The van der Waals surface area contributed by atoms with Gasteiger partial charge in [-0.3, -0.25) is 4.79 Å². The maximum atomic E-state index is 12.7. The van der Waals surface area contributed by atoms with Crippen molar-refractivity contribution < 1.29 is 18.3 Å². The second kappa shape index (κ2) is 5.51. The Morgan fingerprint density at radius 3 is 2.77 bits per heavy atom. The standard InChI is InChI=1S/C19H24N2O4S/c1-18-6-4-14-13-5-7-19(23,26(21,24)25)9-11(13)2-3-15(14)16(18)8-12(10-20)17(18)22/h5,9,12,14-16,23H,2-4,6-8H2,1H3,(H2,21,24,25)/t12?,14-,15-,16+,18+,19?/m1/s1. The van der Waals surface area contributed by atoms with Crippen molar-refractivity contribution in [3.05, 3.63) is 23.3 Å². The number of carbonyl (C=O) groups excluding carboxylic acids is 1. The van der Waals surface area contributed by atoms with Crippen LogP contribution in [0, 0.1) is 40.4 Å². The Morgan fingerprint density at radius 1 is 1.38 bits per heavy atom. The van der Waals surface area contributed by atoms with Gasteiger partial charge in [-0.25, -0.2) is 13.6 Å². The molecule has 0 heterocycles. The van der Waals surface area contributed by atoms with Gasteiger partial charge >= 0.3 is 0 Å². The van der Waals surface area contributed by atoms with Crippen molar-refractivity contribution in [1.29, 1.82) is 5.26 Å². The predicted octanol–water partition coefficient (Wildman–Crippen LogP) is 1.78. The minimum atomic E-state index is -4.09. The van der Waals surface area contributed by atoms with Gasteiger partial charge in [0, 0.05) is 11.8 Å². The molecule has 0 bridgehead atoms. The number of primary sulfonamides is 1. The summed E-state index contributed by atoms with van der Waals surface area (Å²) in [5.74, 6) is 0.419. The lowest BCUT2D eigenvalue weighted by atomic mass is 9.54. The van der Waals surface area contributed by atoms with Crippen LogP contribution < -0.4 is 5.14 Å². The molecule has 0 aromatic rings. The van der Waals surface area contributed by atoms with Gasteiger partial charge in [0.05, 0.1) is 6.07 Å². The molecule has 0 aromatic carbocycles. The first-order chi connectivity index (χ1) is 12.1. The predicted molar refractivity (Wildman–Crippen MR) is 94.6 cm³/mol. The van der Waals surface area contributed by atoms with Crippen molar-refractivity contribution in [3.8, 4) is 6.07 Å². The van der Waals surface area contributed by atoms with Gasteiger partial charge in [0.1, 0.15) is 5.92 Å². The van der Waals surface area contributed by atoms with Crippen LogP contribution in [0.5, 0.6) is 0 Å². The molecule has 3 fully saturated rings. The summed E-state index contributed by atoms with van der Waals surface area (Å²) in [5, 5.41) is 25.0. The zero-order chi connectivity index (χ0) is 18.9. The van der Waals surface area contributed by atoms with Crippen LogP contribution in [-0.2, 0) is 14.8 Å². The van der Waals surface area contributed by atoms with Crippen LogP contribution in [0.1, 0.15) is 45.4 Å². The number of nitrogens with two attached hydrogens (primary N) is 1. The number of sulfonamides is 1. The number of fused-ring (bicyclic) bond motifs is 5. The molecule has 3 saturated carbocycles. The van der Waals surface area contributed by atoms with Crippen LogP contribution >= 0.6 is 0 Å². The molecular weight excluding hydrogens is 352 g/mol. The Balaban J connectivity index is 1.66. The van der Waals surface area contributed by atoms with Crippen LogP contribution in [0.15, 0.2) is 23.3 Å². The van der Waals surface area contributed by atoms with Crippen LogP contribution in [-0.4, -0.2) is 24.2 Å². The lowest BCUT2D eigenvalue weighted by molar-refractivity contribution is -0.131. The van der Waals surface area contributed by atoms with Gasteiger partial charge in [0.15, 0.2) is 5.78 Å². The molecule has 2 unspecified atom stereocenters. The minimum Gasteiger partial charge on any atom is -0.370 e. The zero-order valence-electron chi connectivity index (χ0n) is 14.8. The van der Waals surface area contributed by atoms with Crippen molar-refractivity contribution >= 4 is 15.8 Å². The number of rotatable bonds is 1. The van der Waals surface area contributed by atoms with Gasteiger partial charge in [-0.1, -0.05) is 13.0 Å². The average Bonchev–Trinajstić information content (AvgIpc) is 2.84. The summed E-state index contributed by atoms with van der Waals surface area (Å²) < 4.78 is 23.5. The lowest BCUT2D eigenvalue weighted by Crippen LogP contribution is -2.46. The van der Waals surface area contributed by atoms with Crippen LogP contribution in [0.2, 0.25) is 0 Å². The molecule has 4 rings (SSSR count). The monoisotopic (exact) mass is 376 g/mol. The third-order valence-corrected chi connectivity index (χ3v) is 8.65. The molecule has 0 aliphatic heterocycles. The van der Waals surface area contributed by atoms with Crippen molar-refractivity contribution in [1.82, 2.24) is 0 Å². The number of ketones is 1. The van der Waals surface area contributed by atoms with E-state index < -0.39 is 26.3 Å². The van der Waals surface area contributed by atoms with Gasteiger partial charge in [0.25, 0.3) is 0 Å². The van der Waals surface area contributed by atoms with Gasteiger partial charge in [0.2, 0.25) is 15.0 Å². The molecule has 4 aliphatic carbocycles. The number of allylic oxidation sites excluding steroid dienone is 2. The molecule has 0 amide bonds. The highest BCUT2D eigenvalue weighted by Crippen LogP contribution is 2.61. The highest BCUT2D eigenvalue weighted by molar-refractivity contribution is 7.90. The van der Waals surface area contributed by atoms with E-state index in [1.165, 1.54) is 6.08 Å². The maximum Gasteiger partial charge on any atom is 0.243 e. The molecule has 7 heteroatoms. The summed E-state index contributed by atoms with van der Waals surface area (Å²) in [7, 11) is -4.09. The third-order valence-electron chi connectivity index (χ3n) is 7.38. The van der Waals surface area contributed by atoms with E-state index in [2.05, 4.69) is 6.07 Å². The molecule has 6 nitrogen and oxygen atoms in total. The van der Waals surface area contributed by atoms with Crippen molar-refractivity contribution in [2.75, 3.05) is 0 Å². The Bertz CT molecular complexity index is 884. The van der Waals surface area contributed by atoms with Crippen LogP contribution in [0.3, 0.4) is 0 Å². The summed E-state index contributed by atoms with van der Waals surface area (Å²) >= 11 is 0. The van der Waals surface area contributed by atoms with Crippen LogP contribution in [0.4, 0.5) is 0 Å². The highest BCUT2D eigenvalue weighted by atomic mass is 32.2. The summed E-state index contributed by atoms with van der Waals surface area (Å²) in [6, 6.07) is 2.19. The normalized spacial score (nSPS) is 44.9. The SMILES string of the molecule is C[C@]12CC[C@@H]3C4=CCC(O)(S(N)(=O)=O)C=C4CC[C@H]3[C@@H]1CC(C#N)C2=O. The van der Waals surface area contributed by atoms with E-state index in [1.54, 1.807) is 0 Å². The third kappa shape index (κ3) is 2.29. The molecule has 4 aliphatic rings. The number of hydrogen-bond donors (Lipinski definition) is 2. The molecule has 0 saturated heterocycles. The van der Waals surface area contributed by atoms with Gasteiger partial charge < -0.3 is 5.11 Å². The molecule has 0 radical (unpaired) electrons. The Morgan fingerprint density at radius 2 is 2.12 bits per heavy atom. The van der Waals surface area contributed by atoms with E-state index in [0.717, 1.165) is 30.4 Å². The van der Waals surface area contributed by atoms with Crippen molar-refractivity contribution in [3.63, 3.8) is 0 Å². The van der Waals surface area contributed by atoms with E-state index in [4.69, 9.17) is 5.14 Å². The Hall–Kier alpha value is -1.49. The lowest BCUT2D eigenvalue weighted by Gasteiger charge is -2.50. The van der Waals surface area contributed by atoms with Gasteiger partial charge in [-0.2, -0.15) is 5.26 Å². The first-order valence-corrected chi connectivity index (χ1v) is 10.8. The molecule has 140 valence electrons. The molecule has 6 atom stereocenters. The zero-order valence-corrected chi connectivity index (χ0v) is 15.6. The molecule has 26 heavy (non-hydrogen) atoms. The first-order valence-electron chi connectivity index (χ1n) is 9.21. The quantitative estimate of drug-likeness (QED) is 0.722. The second-order valence-electron chi connectivity index (χ2n) is 8.58. The Labute approximate surface area is 153 Å². The fraction of sp³-hybridized carbons (Fsp3) is 0.684. The number of nitriles is 1. The number of carbonyl (C=O) groups is 1. The second-order valence-corrected chi connectivity index (χ2v) is 10.4. The van der Waals surface area contributed by atoms with Crippen molar-refractivity contribution in [2.24, 2.45) is 34.2 Å². The average molecular weight is 376 g/mol. The summed E-state index contributed by atoms with van der Waals surface area (Å²) in [6.45, 7) is 2.02. The number of nitrogens with zero attached hydrogens (tertiary/aromatic N) is 1. The fourth-order valence-corrected chi connectivity index (χ4v) is 6.56. The van der Waals surface area contributed by atoms with E-state index in [-0.39, 0.29) is 24.0 Å². The van der Waals surface area contributed by atoms with Crippen molar-refractivity contribution in [2.45, 2.75) is 50.4 Å². The summed E-state index contributed by atoms with van der Waals surface area (Å²) in [5.41, 5.74) is 1.59. The molecule has 3 N–H and O–H groups in total. The topological polar surface area (TPSA) is 121 Å². The van der Waals surface area contributed by atoms with Gasteiger partial charge in [-0.15, -0.1) is 0 Å². The number of hydrogen-bond acceptors (Lipinski definition) is 5. The van der Waals surface area contributed by atoms with E-state index in [1.807, 2.05) is 13.0 Å². The van der Waals surface area contributed by atoms with Crippen LogP contribution in [0.25, 0.3) is 0 Å². The smallest absolute Gasteiger partial charge is 0.243 e. The molecular formula is C19H24N2O4S. The maximum absolute atomic E-state index is 12.7. The fourth-order valence-electron chi connectivity index (χ4n) is 5.94. The molecule has 0 spiro atoms. The minimum absolute atomic E-state index is 0.0322. The summed E-state index contributed by atoms with van der Waals surface area (Å²) in [6.07, 6.45) is 7.01. The van der Waals surface area contributed by atoms with E-state index in [0.29, 0.717) is 18.8 Å². The van der Waals surface area contributed by atoms with E-state index in [9.17, 15) is 23.6 Å². The highest BCUT2D eigenvalue weighted by Gasteiger charge is 2.59. The summed E-state index contributed by atoms with van der Waals surface area (Å²) in [4.78, 5) is 10.7. The first kappa shape index (κ1) is 17.9. The van der Waals surface area contributed by atoms with Gasteiger partial charge in [-0.05, 0) is 67.1 Å². The molecule has 0 aromatic heterocycles. The Kier molecular flexibility index (Phi) is 3.79. The number of aliphatic hydroxyl groups is 1. The number of Topliss-reactive ketones (excluding diaryl/α,β-unsaturated/α-hetero) is 1. The largest absolute Gasteiger partial charge is 0.370 e. The van der Waals surface area contributed by atoms with E-state index >= 15 is 0 Å².